The zero-order valence-corrected chi connectivity index (χ0v) is 23.8. The lowest BCUT2D eigenvalue weighted by atomic mass is 10.0. The fourth-order valence-corrected chi connectivity index (χ4v) is 6.52. The highest BCUT2D eigenvalue weighted by Gasteiger charge is 2.36. The van der Waals surface area contributed by atoms with Crippen LogP contribution < -0.4 is 0 Å². The summed E-state index contributed by atoms with van der Waals surface area (Å²) in [5.41, 5.74) is 0. The SMILES string of the molecule is CO[Si](CCCCCCCCCCCCCCCCCCCCCCCCCO)(OC)OC. The Morgan fingerprint density at radius 2 is 0.576 bits per heavy atom. The van der Waals surface area contributed by atoms with E-state index >= 15 is 0 Å². The van der Waals surface area contributed by atoms with Gasteiger partial charge in [0.2, 0.25) is 0 Å². The fourth-order valence-electron chi connectivity index (χ4n) is 4.72. The first-order valence-corrected chi connectivity index (χ1v) is 16.4. The molecule has 0 spiro atoms. The molecule has 0 unspecified atom stereocenters. The van der Waals surface area contributed by atoms with Gasteiger partial charge in [-0.25, -0.2) is 0 Å². The van der Waals surface area contributed by atoms with Gasteiger partial charge in [-0.05, 0) is 12.8 Å². The molecule has 0 atom stereocenters. The van der Waals surface area contributed by atoms with Crippen molar-refractivity contribution in [2.75, 3.05) is 27.9 Å². The minimum absolute atomic E-state index is 0.366. The molecule has 1 N–H and O–H groups in total. The summed E-state index contributed by atoms with van der Waals surface area (Å²) in [5.74, 6) is 0. The predicted octanol–water partition coefficient (Wildman–Crippen LogP) is 8.83. The molecule has 0 aromatic carbocycles. The van der Waals surface area contributed by atoms with E-state index in [1.165, 1.54) is 135 Å². The van der Waals surface area contributed by atoms with Gasteiger partial charge in [0.15, 0.2) is 0 Å². The van der Waals surface area contributed by atoms with Gasteiger partial charge in [-0.3, -0.25) is 0 Å². The third-order valence-electron chi connectivity index (χ3n) is 7.07. The molecule has 5 heteroatoms. The van der Waals surface area contributed by atoms with Gasteiger partial charge in [0.05, 0.1) is 0 Å². The van der Waals surface area contributed by atoms with E-state index in [1.807, 2.05) is 0 Å². The van der Waals surface area contributed by atoms with Crippen LogP contribution in [0.1, 0.15) is 148 Å². The summed E-state index contributed by atoms with van der Waals surface area (Å²) in [6.07, 6.45) is 31.4. The molecule has 0 heterocycles. The molecule has 0 bridgehead atoms. The zero-order valence-electron chi connectivity index (χ0n) is 22.8. The number of hydrogen-bond donors (Lipinski definition) is 1. The maximum absolute atomic E-state index is 8.76. The van der Waals surface area contributed by atoms with E-state index in [1.54, 1.807) is 21.3 Å². The van der Waals surface area contributed by atoms with E-state index in [0.29, 0.717) is 6.61 Å². The minimum Gasteiger partial charge on any atom is -0.396 e. The first-order valence-electron chi connectivity index (χ1n) is 14.5. The molecule has 33 heavy (non-hydrogen) atoms. The standard InChI is InChI=1S/C28H60O4Si/c1-30-33(31-2,32-3)28-26-24-22-20-18-16-14-12-10-8-6-4-5-7-9-11-13-15-17-19-21-23-25-27-29/h29H,4-28H2,1-3H3. The van der Waals surface area contributed by atoms with Crippen LogP contribution in [-0.4, -0.2) is 41.8 Å². The van der Waals surface area contributed by atoms with E-state index in [4.69, 9.17) is 18.4 Å². The van der Waals surface area contributed by atoms with Gasteiger partial charge in [0.1, 0.15) is 0 Å². The summed E-state index contributed by atoms with van der Waals surface area (Å²) >= 11 is 0. The monoisotopic (exact) mass is 488 g/mol. The summed E-state index contributed by atoms with van der Waals surface area (Å²) in [6.45, 7) is 0.366. The second-order valence-electron chi connectivity index (χ2n) is 9.90. The van der Waals surface area contributed by atoms with Crippen LogP contribution in [0.3, 0.4) is 0 Å². The predicted molar refractivity (Wildman–Crippen MR) is 145 cm³/mol. The van der Waals surface area contributed by atoms with Crippen molar-refractivity contribution in [1.82, 2.24) is 0 Å². The highest BCUT2D eigenvalue weighted by molar-refractivity contribution is 6.60. The molecule has 0 saturated carbocycles. The molecule has 0 rings (SSSR count). The summed E-state index contributed by atoms with van der Waals surface area (Å²) in [5, 5.41) is 8.76. The van der Waals surface area contributed by atoms with Crippen molar-refractivity contribution >= 4 is 8.80 Å². The second kappa shape index (κ2) is 26.7. The normalized spacial score (nSPS) is 12.0. The van der Waals surface area contributed by atoms with Crippen molar-refractivity contribution in [2.45, 2.75) is 154 Å². The van der Waals surface area contributed by atoms with Gasteiger partial charge >= 0.3 is 8.80 Å². The molecule has 4 nitrogen and oxygen atoms in total. The van der Waals surface area contributed by atoms with E-state index in [9.17, 15) is 0 Å². The van der Waals surface area contributed by atoms with Gasteiger partial charge < -0.3 is 18.4 Å². The average Bonchev–Trinajstić information content (AvgIpc) is 2.84. The molecule has 0 aliphatic heterocycles. The zero-order chi connectivity index (χ0) is 24.3. The third kappa shape index (κ3) is 22.3. The van der Waals surface area contributed by atoms with Crippen molar-refractivity contribution in [1.29, 1.82) is 0 Å². The highest BCUT2D eigenvalue weighted by Crippen LogP contribution is 2.19. The van der Waals surface area contributed by atoms with Crippen LogP contribution in [0.4, 0.5) is 0 Å². The Morgan fingerprint density at radius 1 is 0.364 bits per heavy atom. The van der Waals surface area contributed by atoms with Crippen LogP contribution in [0.5, 0.6) is 0 Å². The average molecular weight is 489 g/mol. The van der Waals surface area contributed by atoms with Gasteiger partial charge in [0, 0.05) is 34.0 Å². The van der Waals surface area contributed by atoms with Crippen LogP contribution in [-0.2, 0) is 13.3 Å². The molecule has 0 amide bonds. The van der Waals surface area contributed by atoms with Crippen LogP contribution in [0.15, 0.2) is 0 Å². The Kier molecular flexibility index (Phi) is 26.7. The summed E-state index contributed by atoms with van der Waals surface area (Å²) in [6, 6.07) is 0.934. The topological polar surface area (TPSA) is 47.9 Å². The summed E-state index contributed by atoms with van der Waals surface area (Å²) < 4.78 is 16.4. The molecular formula is C28H60O4Si. The number of rotatable bonds is 28. The molecular weight excluding hydrogens is 428 g/mol. The maximum Gasteiger partial charge on any atom is 0.500 e. The molecule has 0 saturated heterocycles. The van der Waals surface area contributed by atoms with Gasteiger partial charge in [-0.1, -0.05) is 135 Å². The van der Waals surface area contributed by atoms with E-state index in [0.717, 1.165) is 18.9 Å². The Hall–Kier alpha value is 0.0569. The fraction of sp³-hybridized carbons (Fsp3) is 1.00. The van der Waals surface area contributed by atoms with Crippen molar-refractivity contribution in [3.8, 4) is 0 Å². The minimum atomic E-state index is -2.34. The lowest BCUT2D eigenvalue weighted by Crippen LogP contribution is -2.42. The molecule has 200 valence electrons. The maximum atomic E-state index is 8.76. The lowest BCUT2D eigenvalue weighted by molar-refractivity contribution is 0.122. The quantitative estimate of drug-likeness (QED) is 0.0882. The lowest BCUT2D eigenvalue weighted by Gasteiger charge is -2.24. The van der Waals surface area contributed by atoms with E-state index in [-0.39, 0.29) is 0 Å². The molecule has 0 aliphatic rings. The Bertz CT molecular complexity index is 356. The number of aliphatic hydroxyl groups is 1. The smallest absolute Gasteiger partial charge is 0.396 e. The van der Waals surface area contributed by atoms with Gasteiger partial charge in [0.25, 0.3) is 0 Å². The number of unbranched alkanes of at least 4 members (excludes halogenated alkanes) is 22. The van der Waals surface area contributed by atoms with Crippen molar-refractivity contribution < 1.29 is 18.4 Å². The third-order valence-corrected chi connectivity index (χ3v) is 9.91. The second-order valence-corrected chi connectivity index (χ2v) is 13.0. The van der Waals surface area contributed by atoms with Gasteiger partial charge in [-0.15, -0.1) is 0 Å². The van der Waals surface area contributed by atoms with Crippen LogP contribution in [0, 0.1) is 0 Å². The van der Waals surface area contributed by atoms with Crippen LogP contribution in [0.25, 0.3) is 0 Å². The van der Waals surface area contributed by atoms with Gasteiger partial charge in [-0.2, -0.15) is 0 Å². The van der Waals surface area contributed by atoms with E-state index in [2.05, 4.69) is 0 Å². The number of hydrogen-bond acceptors (Lipinski definition) is 4. The van der Waals surface area contributed by atoms with Crippen molar-refractivity contribution in [2.24, 2.45) is 0 Å². The molecule has 0 aromatic rings. The molecule has 0 aliphatic carbocycles. The highest BCUT2D eigenvalue weighted by atomic mass is 28.4. The van der Waals surface area contributed by atoms with Crippen molar-refractivity contribution in [3.05, 3.63) is 0 Å². The first-order chi connectivity index (χ1) is 16.2. The summed E-state index contributed by atoms with van der Waals surface area (Å²) in [7, 11) is 2.77. The first kappa shape index (κ1) is 33.1. The van der Waals surface area contributed by atoms with Crippen LogP contribution >= 0.6 is 0 Å². The van der Waals surface area contributed by atoms with Crippen molar-refractivity contribution in [3.63, 3.8) is 0 Å². The largest absolute Gasteiger partial charge is 0.500 e. The molecule has 0 aromatic heterocycles. The van der Waals surface area contributed by atoms with E-state index < -0.39 is 8.80 Å². The number of aliphatic hydroxyl groups excluding tert-OH is 1. The Balaban J connectivity index is 3.15. The molecule has 0 fully saturated rings. The Morgan fingerprint density at radius 3 is 0.788 bits per heavy atom. The van der Waals surface area contributed by atoms with Crippen LogP contribution in [0.2, 0.25) is 6.04 Å². The summed E-state index contributed by atoms with van der Waals surface area (Å²) in [4.78, 5) is 0. The Labute approximate surface area is 208 Å². The molecule has 0 radical (unpaired) electrons.